The van der Waals surface area contributed by atoms with Crippen LogP contribution in [0.25, 0.3) is 0 Å². The third-order valence-corrected chi connectivity index (χ3v) is 11.4. The first-order valence-electron chi connectivity index (χ1n) is 12.2. The number of methoxy groups -OCH3 is 1. The molecule has 5 atom stereocenters. The number of alkyl halides is 1. The number of rotatable bonds is 15. The van der Waals surface area contributed by atoms with Crippen molar-refractivity contribution in [2.45, 2.75) is 87.8 Å². The topological polar surface area (TPSA) is 157 Å². The molecule has 3 fully saturated rings. The number of hydrogen-bond donors (Lipinski definition) is 5. The summed E-state index contributed by atoms with van der Waals surface area (Å²) in [5, 5.41) is 25.6. The van der Waals surface area contributed by atoms with Crippen LogP contribution in [0.3, 0.4) is 0 Å². The molecule has 0 aromatic rings. The Morgan fingerprint density at radius 1 is 1.26 bits per heavy atom. The van der Waals surface area contributed by atoms with E-state index in [4.69, 9.17) is 0 Å². The summed E-state index contributed by atoms with van der Waals surface area (Å²) in [6.45, 7) is 1.98. The minimum absolute atomic E-state index is 0.146. The number of aliphatic hydroxyl groups excluding tert-OH is 2. The number of nitrogens with one attached hydrogen (secondary N) is 3. The Balaban J connectivity index is 1.67. The van der Waals surface area contributed by atoms with Gasteiger partial charge in [-0.3, -0.25) is 0 Å². The SMILES string of the molecule is CCCCC/C=C\[C@@H]1C[C@]1(NC(O)[C@@H]1CC[I-]N1C(=O)CNC(O)OC)C(=O)NS(=O)(=O)C1CC1. The Morgan fingerprint density at radius 2 is 2.00 bits per heavy atom. The summed E-state index contributed by atoms with van der Waals surface area (Å²) in [5.41, 5.74) is -1.23. The summed E-state index contributed by atoms with van der Waals surface area (Å²) >= 11 is -0.653. The van der Waals surface area contributed by atoms with Gasteiger partial charge in [0.1, 0.15) is 0 Å². The maximum atomic E-state index is 13.2. The first-order chi connectivity index (χ1) is 16.6. The van der Waals surface area contributed by atoms with E-state index in [0.717, 1.165) is 30.1 Å². The molecule has 1 heterocycles. The predicted molar refractivity (Wildman–Crippen MR) is 124 cm³/mol. The van der Waals surface area contributed by atoms with E-state index in [1.54, 1.807) is 3.11 Å². The standard InChI is InChI=1S/C22H38IN4O7S/c1-3-4-5-6-7-8-15-13-22(15,20(30)26-35(32,33)16-9-10-16)25-19(29)17-11-12-23-27(17)18(28)14-24-21(31)34-2/h7-8,15-17,19,21,24-25,29,31H,3-6,9-14H2,1-2H3,(H,26,30)/q-1/b8-7-/t15-,17+,19?,21?,22-/m1/s1. The van der Waals surface area contributed by atoms with Crippen molar-refractivity contribution in [2.24, 2.45) is 5.92 Å². The Morgan fingerprint density at radius 3 is 2.66 bits per heavy atom. The van der Waals surface area contributed by atoms with Gasteiger partial charge in [0.15, 0.2) is 0 Å². The molecule has 2 unspecified atom stereocenters. The first-order valence-corrected chi connectivity index (χ1v) is 16.2. The molecule has 1 aliphatic heterocycles. The number of sulfonamides is 1. The van der Waals surface area contributed by atoms with Crippen molar-refractivity contribution in [3.8, 4) is 0 Å². The molecule has 35 heavy (non-hydrogen) atoms. The van der Waals surface area contributed by atoms with Gasteiger partial charge in [0.2, 0.25) is 0 Å². The number of allylic oxidation sites excluding steroid dienone is 1. The van der Waals surface area contributed by atoms with Crippen molar-refractivity contribution >= 4 is 21.8 Å². The number of halogens is 1. The van der Waals surface area contributed by atoms with E-state index in [-0.39, 0.29) is 18.4 Å². The summed E-state index contributed by atoms with van der Waals surface area (Å²) in [5.74, 6) is -1.16. The number of ether oxygens (including phenoxy) is 1. The van der Waals surface area contributed by atoms with Crippen molar-refractivity contribution in [3.63, 3.8) is 0 Å². The second-order valence-corrected chi connectivity index (χ2v) is 14.1. The second-order valence-electron chi connectivity index (χ2n) is 9.31. The molecule has 0 aromatic heterocycles. The van der Waals surface area contributed by atoms with E-state index in [2.05, 4.69) is 27.0 Å². The van der Waals surface area contributed by atoms with Gasteiger partial charge in [0, 0.05) is 0 Å². The molecule has 202 valence electrons. The van der Waals surface area contributed by atoms with Crippen LogP contribution >= 0.6 is 0 Å². The third-order valence-electron chi connectivity index (χ3n) is 6.53. The fourth-order valence-corrected chi connectivity index (χ4v) is 8.59. The van der Waals surface area contributed by atoms with E-state index in [1.807, 2.05) is 12.2 Å². The number of carbonyl (C=O) groups is 2. The van der Waals surface area contributed by atoms with Gasteiger partial charge in [0.25, 0.3) is 0 Å². The fraction of sp³-hybridized carbons (Fsp3) is 0.818. The van der Waals surface area contributed by atoms with Gasteiger partial charge in [-0.1, -0.05) is 6.92 Å². The molecule has 5 N–H and O–H groups in total. The Bertz CT molecular complexity index is 885. The quantitative estimate of drug-likeness (QED) is 0.0310. The maximum absolute atomic E-state index is 13.2. The Kier molecular flexibility index (Phi) is 10.3. The zero-order valence-corrected chi connectivity index (χ0v) is 23.3. The number of nitrogens with zero attached hydrogens (tertiary/aromatic N) is 1. The van der Waals surface area contributed by atoms with E-state index in [1.165, 1.54) is 7.11 Å². The van der Waals surface area contributed by atoms with Crippen molar-refractivity contribution < 1.29 is 54.4 Å². The van der Waals surface area contributed by atoms with Gasteiger partial charge in [-0.25, -0.2) is 0 Å². The molecule has 1 saturated heterocycles. The summed E-state index contributed by atoms with van der Waals surface area (Å²) in [4.78, 5) is 25.8. The summed E-state index contributed by atoms with van der Waals surface area (Å²) < 4.78 is 34.2. The molecule has 0 radical (unpaired) electrons. The summed E-state index contributed by atoms with van der Waals surface area (Å²) in [6.07, 6.45) is 7.66. The second kappa shape index (κ2) is 12.6. The van der Waals surface area contributed by atoms with Crippen molar-refractivity contribution in [2.75, 3.05) is 18.1 Å². The summed E-state index contributed by atoms with van der Waals surface area (Å²) in [6, 6.07) is -0.531. The van der Waals surface area contributed by atoms with Crippen LogP contribution in [0.5, 0.6) is 0 Å². The van der Waals surface area contributed by atoms with Crippen molar-refractivity contribution in [3.05, 3.63) is 12.2 Å². The molecule has 2 aliphatic carbocycles. The number of carbonyl (C=O) groups excluding carboxylic acids is 2. The van der Waals surface area contributed by atoms with Crippen LogP contribution in [0.2, 0.25) is 0 Å². The molecular weight excluding hydrogens is 591 g/mol. The fourth-order valence-electron chi connectivity index (χ4n) is 4.15. The number of hydrogen-bond acceptors (Lipinski definition) is 9. The van der Waals surface area contributed by atoms with E-state index < -0.39 is 66.9 Å². The summed E-state index contributed by atoms with van der Waals surface area (Å²) in [7, 11) is -2.43. The van der Waals surface area contributed by atoms with Gasteiger partial charge in [0.05, 0.1) is 0 Å². The molecule has 2 saturated carbocycles. The van der Waals surface area contributed by atoms with Crippen LogP contribution in [-0.2, 0) is 24.3 Å². The third kappa shape index (κ3) is 7.58. The van der Waals surface area contributed by atoms with Crippen LogP contribution < -0.4 is 36.8 Å². The van der Waals surface area contributed by atoms with Gasteiger partial charge in [-0.2, -0.15) is 0 Å². The molecule has 0 aromatic carbocycles. The van der Waals surface area contributed by atoms with Crippen molar-refractivity contribution in [1.29, 1.82) is 0 Å². The molecule has 11 nitrogen and oxygen atoms in total. The monoisotopic (exact) mass is 629 g/mol. The predicted octanol–water partition coefficient (Wildman–Crippen LogP) is -3.49. The normalized spacial score (nSPS) is 28.5. The molecule has 0 bridgehead atoms. The number of aliphatic hydroxyl groups is 2. The average Bonchev–Trinajstić information content (AvgIpc) is 3.74. The Labute approximate surface area is 218 Å². The molecular formula is C22H38IN4O7S-. The van der Waals surface area contributed by atoms with E-state index in [0.29, 0.717) is 25.7 Å². The zero-order chi connectivity index (χ0) is 25.6. The minimum atomic E-state index is -3.73. The molecule has 3 aliphatic rings. The Hall–Kier alpha value is -0.840. The van der Waals surface area contributed by atoms with Gasteiger partial charge in [-0.05, 0) is 0 Å². The zero-order valence-electron chi connectivity index (χ0n) is 20.3. The van der Waals surface area contributed by atoms with E-state index >= 15 is 0 Å². The number of amides is 2. The van der Waals surface area contributed by atoms with Crippen LogP contribution in [0.4, 0.5) is 0 Å². The van der Waals surface area contributed by atoms with Crippen LogP contribution in [0, 0.1) is 5.92 Å². The molecule has 3 rings (SSSR count). The van der Waals surface area contributed by atoms with Gasteiger partial charge in [-0.15, -0.1) is 0 Å². The molecule has 13 heteroatoms. The average molecular weight is 630 g/mol. The van der Waals surface area contributed by atoms with Crippen LogP contribution in [0.15, 0.2) is 12.2 Å². The van der Waals surface area contributed by atoms with Crippen LogP contribution in [-0.4, -0.2) is 81.1 Å². The van der Waals surface area contributed by atoms with E-state index in [9.17, 15) is 28.2 Å². The van der Waals surface area contributed by atoms with Crippen molar-refractivity contribution in [1.82, 2.24) is 18.5 Å². The molecule has 0 spiro atoms. The van der Waals surface area contributed by atoms with Gasteiger partial charge >= 0.3 is 212 Å². The van der Waals surface area contributed by atoms with Gasteiger partial charge < -0.3 is 0 Å². The molecule has 2 amide bonds. The number of unbranched alkanes of at least 4 members (excludes halogenated alkanes) is 3. The first kappa shape index (κ1) is 28.7. The van der Waals surface area contributed by atoms with Crippen LogP contribution in [0.1, 0.15) is 58.3 Å².